The molecule has 0 spiro atoms. The number of hydrogen-bond acceptors (Lipinski definition) is 4. The van der Waals surface area contributed by atoms with Gasteiger partial charge in [0.2, 0.25) is 0 Å². The lowest BCUT2D eigenvalue weighted by Gasteiger charge is -2.31. The van der Waals surface area contributed by atoms with Crippen molar-refractivity contribution < 1.29 is 4.79 Å². The summed E-state index contributed by atoms with van der Waals surface area (Å²) in [6, 6.07) is 11.6. The first-order valence-corrected chi connectivity index (χ1v) is 9.36. The molecule has 0 radical (unpaired) electrons. The van der Waals surface area contributed by atoms with Gasteiger partial charge in [0.15, 0.2) is 5.82 Å². The molecule has 6 heteroatoms. The van der Waals surface area contributed by atoms with Crippen molar-refractivity contribution in [3.05, 3.63) is 65.7 Å². The number of aromatic nitrogens is 4. The summed E-state index contributed by atoms with van der Waals surface area (Å²) in [5.74, 6) is 2.27. The second-order valence-electron chi connectivity index (χ2n) is 7.15. The van der Waals surface area contributed by atoms with Gasteiger partial charge in [-0.1, -0.05) is 17.7 Å². The Hall–Kier alpha value is -3.02. The van der Waals surface area contributed by atoms with Gasteiger partial charge in [0.05, 0.1) is 0 Å². The second kappa shape index (κ2) is 7.70. The largest absolute Gasteiger partial charge is 0.339 e. The Morgan fingerprint density at radius 2 is 1.96 bits per heavy atom. The molecule has 2 aromatic heterocycles. The van der Waals surface area contributed by atoms with Crippen LogP contribution in [0, 0.1) is 12.8 Å². The van der Waals surface area contributed by atoms with E-state index in [0.717, 1.165) is 54.9 Å². The summed E-state index contributed by atoms with van der Waals surface area (Å²) in [7, 11) is 0. The van der Waals surface area contributed by atoms with E-state index in [0.29, 0.717) is 11.7 Å². The van der Waals surface area contributed by atoms with Crippen molar-refractivity contribution in [2.24, 2.45) is 5.92 Å². The SMILES string of the molecule is Cc1cccc(C(=O)N2CCC(Cc3nc(-c4ccncc4)n[nH]3)CC2)c1. The smallest absolute Gasteiger partial charge is 0.253 e. The van der Waals surface area contributed by atoms with Crippen LogP contribution in [0.2, 0.25) is 0 Å². The standard InChI is InChI=1S/C21H23N5O/c1-15-3-2-4-18(13-15)21(27)26-11-7-16(8-12-26)14-19-23-20(25-24-19)17-5-9-22-10-6-17/h2-6,9-10,13,16H,7-8,11-12,14H2,1H3,(H,23,24,25). The number of nitrogens with one attached hydrogen (secondary N) is 1. The third-order valence-corrected chi connectivity index (χ3v) is 5.12. The van der Waals surface area contributed by atoms with Crippen LogP contribution >= 0.6 is 0 Å². The van der Waals surface area contributed by atoms with E-state index < -0.39 is 0 Å². The van der Waals surface area contributed by atoms with E-state index in [9.17, 15) is 4.79 Å². The van der Waals surface area contributed by atoms with Gasteiger partial charge in [0.1, 0.15) is 5.82 Å². The van der Waals surface area contributed by atoms with Crippen LogP contribution in [0.1, 0.15) is 34.6 Å². The summed E-state index contributed by atoms with van der Waals surface area (Å²) in [6.45, 7) is 3.60. The minimum Gasteiger partial charge on any atom is -0.339 e. The molecule has 3 aromatic rings. The molecule has 1 aliphatic rings. The number of pyridine rings is 1. The van der Waals surface area contributed by atoms with Crippen molar-refractivity contribution in [2.45, 2.75) is 26.2 Å². The van der Waals surface area contributed by atoms with Gasteiger partial charge >= 0.3 is 0 Å². The van der Waals surface area contributed by atoms with Crippen molar-refractivity contribution in [3.63, 3.8) is 0 Å². The molecule has 0 unspecified atom stereocenters. The molecule has 138 valence electrons. The molecule has 0 atom stereocenters. The molecule has 1 N–H and O–H groups in total. The monoisotopic (exact) mass is 361 g/mol. The third kappa shape index (κ3) is 4.05. The fourth-order valence-corrected chi connectivity index (χ4v) is 3.59. The maximum Gasteiger partial charge on any atom is 0.253 e. The number of likely N-dealkylation sites (tertiary alicyclic amines) is 1. The number of carbonyl (C=O) groups is 1. The lowest BCUT2D eigenvalue weighted by Crippen LogP contribution is -2.39. The van der Waals surface area contributed by atoms with Gasteiger partial charge in [-0.15, -0.1) is 0 Å². The molecule has 1 aromatic carbocycles. The van der Waals surface area contributed by atoms with Gasteiger partial charge < -0.3 is 4.90 Å². The summed E-state index contributed by atoms with van der Waals surface area (Å²) in [5.41, 5.74) is 2.86. The van der Waals surface area contributed by atoms with Crippen LogP contribution < -0.4 is 0 Å². The van der Waals surface area contributed by atoms with Gasteiger partial charge in [0, 0.05) is 43.0 Å². The maximum absolute atomic E-state index is 12.7. The van der Waals surface area contributed by atoms with E-state index in [1.165, 1.54) is 0 Å². The van der Waals surface area contributed by atoms with Gasteiger partial charge in [0.25, 0.3) is 5.91 Å². The van der Waals surface area contributed by atoms with Crippen molar-refractivity contribution >= 4 is 5.91 Å². The normalized spacial score (nSPS) is 15.1. The number of benzene rings is 1. The molecule has 6 nitrogen and oxygen atoms in total. The van der Waals surface area contributed by atoms with Crippen molar-refractivity contribution in [1.29, 1.82) is 0 Å². The highest BCUT2D eigenvalue weighted by Crippen LogP contribution is 2.23. The number of H-pyrrole nitrogens is 1. The number of aromatic amines is 1. The quantitative estimate of drug-likeness (QED) is 0.774. The summed E-state index contributed by atoms with van der Waals surface area (Å²) in [5, 5.41) is 7.37. The molecule has 4 rings (SSSR count). The van der Waals surface area contributed by atoms with E-state index in [1.807, 2.05) is 48.2 Å². The fraction of sp³-hybridized carbons (Fsp3) is 0.333. The number of rotatable bonds is 4. The van der Waals surface area contributed by atoms with Crippen molar-refractivity contribution in [2.75, 3.05) is 13.1 Å². The first-order valence-electron chi connectivity index (χ1n) is 9.36. The second-order valence-corrected chi connectivity index (χ2v) is 7.15. The first kappa shape index (κ1) is 17.4. The number of aryl methyl sites for hydroxylation is 1. The number of amides is 1. The summed E-state index contributed by atoms with van der Waals surface area (Å²) < 4.78 is 0. The molecule has 1 fully saturated rings. The molecule has 3 heterocycles. The molecule has 0 aliphatic carbocycles. The average Bonchev–Trinajstić information content (AvgIpc) is 3.17. The fourth-order valence-electron chi connectivity index (χ4n) is 3.59. The number of nitrogens with zero attached hydrogens (tertiary/aromatic N) is 4. The Morgan fingerprint density at radius 3 is 2.70 bits per heavy atom. The number of carbonyl (C=O) groups excluding carboxylic acids is 1. The predicted molar refractivity (Wildman–Crippen MR) is 103 cm³/mol. The van der Waals surface area contributed by atoms with Crippen LogP contribution in [0.3, 0.4) is 0 Å². The molecular formula is C21H23N5O. The van der Waals surface area contributed by atoms with E-state index in [1.54, 1.807) is 12.4 Å². The highest BCUT2D eigenvalue weighted by atomic mass is 16.2. The van der Waals surface area contributed by atoms with Crippen LogP contribution in [0.25, 0.3) is 11.4 Å². The summed E-state index contributed by atoms with van der Waals surface area (Å²) >= 11 is 0. The van der Waals surface area contributed by atoms with Gasteiger partial charge in [-0.3, -0.25) is 14.9 Å². The van der Waals surface area contributed by atoms with E-state index in [2.05, 4.69) is 20.2 Å². The average molecular weight is 361 g/mol. The van der Waals surface area contributed by atoms with Crippen LogP contribution in [0.4, 0.5) is 0 Å². The van der Waals surface area contributed by atoms with Gasteiger partial charge in [-0.25, -0.2) is 4.98 Å². The lowest BCUT2D eigenvalue weighted by molar-refractivity contribution is 0.0690. The zero-order valence-electron chi connectivity index (χ0n) is 15.4. The number of piperidine rings is 1. The molecule has 1 aliphatic heterocycles. The summed E-state index contributed by atoms with van der Waals surface area (Å²) in [6.07, 6.45) is 6.33. The van der Waals surface area contributed by atoms with Crippen molar-refractivity contribution in [3.8, 4) is 11.4 Å². The van der Waals surface area contributed by atoms with E-state index in [-0.39, 0.29) is 5.91 Å². The van der Waals surface area contributed by atoms with E-state index in [4.69, 9.17) is 0 Å². The zero-order chi connectivity index (χ0) is 18.6. The number of hydrogen-bond donors (Lipinski definition) is 1. The van der Waals surface area contributed by atoms with Gasteiger partial charge in [-0.05, 0) is 49.9 Å². The van der Waals surface area contributed by atoms with Gasteiger partial charge in [-0.2, -0.15) is 5.10 Å². The zero-order valence-corrected chi connectivity index (χ0v) is 15.4. The van der Waals surface area contributed by atoms with Crippen LogP contribution in [0.15, 0.2) is 48.8 Å². The maximum atomic E-state index is 12.7. The Labute approximate surface area is 158 Å². The Balaban J connectivity index is 1.33. The highest BCUT2D eigenvalue weighted by molar-refractivity contribution is 5.94. The van der Waals surface area contributed by atoms with Crippen LogP contribution in [-0.2, 0) is 6.42 Å². The van der Waals surface area contributed by atoms with Crippen LogP contribution in [-0.4, -0.2) is 44.1 Å². The molecule has 0 bridgehead atoms. The lowest BCUT2D eigenvalue weighted by atomic mass is 9.93. The predicted octanol–water partition coefficient (Wildman–Crippen LogP) is 3.27. The molecular weight excluding hydrogens is 338 g/mol. The van der Waals surface area contributed by atoms with E-state index >= 15 is 0 Å². The Morgan fingerprint density at radius 1 is 1.19 bits per heavy atom. The third-order valence-electron chi connectivity index (χ3n) is 5.12. The minimum atomic E-state index is 0.136. The minimum absolute atomic E-state index is 0.136. The Kier molecular flexibility index (Phi) is 4.96. The summed E-state index contributed by atoms with van der Waals surface area (Å²) in [4.78, 5) is 23.3. The Bertz CT molecular complexity index is 913. The topological polar surface area (TPSA) is 74.8 Å². The molecule has 1 amide bonds. The highest BCUT2D eigenvalue weighted by Gasteiger charge is 2.24. The molecule has 27 heavy (non-hydrogen) atoms. The first-order chi connectivity index (χ1) is 13.2. The molecule has 0 saturated carbocycles. The molecule has 1 saturated heterocycles. The van der Waals surface area contributed by atoms with Crippen molar-refractivity contribution in [1.82, 2.24) is 25.1 Å². The van der Waals surface area contributed by atoms with Crippen LogP contribution in [0.5, 0.6) is 0 Å².